The molecule has 0 saturated heterocycles. The normalized spacial score (nSPS) is 15.1. The first-order valence-corrected chi connectivity index (χ1v) is 4.44. The summed E-state index contributed by atoms with van der Waals surface area (Å²) in [7, 11) is 0. The van der Waals surface area contributed by atoms with Crippen molar-refractivity contribution in [2.75, 3.05) is 19.8 Å². The van der Waals surface area contributed by atoms with Crippen molar-refractivity contribution in [3.8, 4) is 0 Å². The fraction of sp³-hybridized carbons (Fsp3) is 0.444. The van der Waals surface area contributed by atoms with E-state index in [0.29, 0.717) is 0 Å². The highest BCUT2D eigenvalue weighted by molar-refractivity contribution is 6.12. The molecule has 15 heavy (non-hydrogen) atoms. The minimum Gasteiger partial charge on any atom is -0.481 e. The lowest BCUT2D eigenvalue weighted by Gasteiger charge is -2.13. The molecule has 6 heteroatoms. The number of carbonyl (C=O) groups excluding carboxylic acids is 2. The van der Waals surface area contributed by atoms with Crippen molar-refractivity contribution >= 4 is 17.8 Å². The molecule has 1 aliphatic rings. The zero-order valence-corrected chi connectivity index (χ0v) is 8.01. The molecule has 1 heterocycles. The molecule has 0 aromatic heterocycles. The Hall–Kier alpha value is -1.69. The molecule has 0 unspecified atom stereocenters. The highest BCUT2D eigenvalue weighted by atomic mass is 16.5. The number of ether oxygens (including phenoxy) is 1. The number of nitrogens with zero attached hydrogens (tertiary/aromatic N) is 1. The summed E-state index contributed by atoms with van der Waals surface area (Å²) < 4.78 is 4.95. The van der Waals surface area contributed by atoms with Gasteiger partial charge in [0, 0.05) is 12.2 Å². The topological polar surface area (TPSA) is 83.9 Å². The Morgan fingerprint density at radius 2 is 1.87 bits per heavy atom. The van der Waals surface area contributed by atoms with E-state index in [4.69, 9.17) is 9.84 Å². The summed E-state index contributed by atoms with van der Waals surface area (Å²) in [6.07, 6.45) is 2.30. The van der Waals surface area contributed by atoms with Crippen LogP contribution in [0.2, 0.25) is 0 Å². The van der Waals surface area contributed by atoms with E-state index in [0.717, 1.165) is 4.90 Å². The Morgan fingerprint density at radius 1 is 1.27 bits per heavy atom. The molecule has 0 aromatic rings. The van der Waals surface area contributed by atoms with Crippen LogP contribution in [-0.2, 0) is 19.1 Å². The largest absolute Gasteiger partial charge is 0.481 e. The van der Waals surface area contributed by atoms with Gasteiger partial charge in [-0.1, -0.05) is 0 Å². The molecular weight excluding hydrogens is 202 g/mol. The molecule has 1 aliphatic heterocycles. The molecular formula is C9H11NO5. The monoisotopic (exact) mass is 213 g/mol. The maximum atomic E-state index is 11.0. The zero-order chi connectivity index (χ0) is 11.3. The van der Waals surface area contributed by atoms with Crippen LogP contribution in [0.25, 0.3) is 0 Å². The first kappa shape index (κ1) is 11.4. The van der Waals surface area contributed by atoms with Crippen LogP contribution in [0.3, 0.4) is 0 Å². The van der Waals surface area contributed by atoms with Crippen LogP contribution in [-0.4, -0.2) is 47.5 Å². The molecule has 2 amide bonds. The van der Waals surface area contributed by atoms with E-state index in [1.54, 1.807) is 0 Å². The maximum Gasteiger partial charge on any atom is 0.305 e. The number of hydrogen-bond acceptors (Lipinski definition) is 4. The minimum absolute atomic E-state index is 0.0823. The Morgan fingerprint density at radius 3 is 2.40 bits per heavy atom. The fourth-order valence-electron chi connectivity index (χ4n) is 1.07. The molecule has 0 spiro atoms. The van der Waals surface area contributed by atoms with Gasteiger partial charge in [-0.15, -0.1) is 0 Å². The first-order chi connectivity index (χ1) is 7.11. The van der Waals surface area contributed by atoms with Crippen molar-refractivity contribution in [2.24, 2.45) is 0 Å². The Kier molecular flexibility index (Phi) is 3.99. The van der Waals surface area contributed by atoms with Gasteiger partial charge in [-0.2, -0.15) is 0 Å². The van der Waals surface area contributed by atoms with Gasteiger partial charge >= 0.3 is 5.97 Å². The number of aliphatic carboxylic acids is 1. The van der Waals surface area contributed by atoms with E-state index in [1.807, 2.05) is 0 Å². The molecule has 0 aromatic carbocycles. The van der Waals surface area contributed by atoms with Crippen LogP contribution in [0.1, 0.15) is 6.42 Å². The second kappa shape index (κ2) is 5.26. The van der Waals surface area contributed by atoms with Gasteiger partial charge in [0.2, 0.25) is 0 Å². The Balaban J connectivity index is 2.13. The molecule has 0 fully saturated rings. The van der Waals surface area contributed by atoms with E-state index in [2.05, 4.69) is 0 Å². The van der Waals surface area contributed by atoms with E-state index < -0.39 is 5.97 Å². The van der Waals surface area contributed by atoms with Gasteiger partial charge in [0.15, 0.2) is 0 Å². The second-order valence-corrected chi connectivity index (χ2v) is 2.92. The SMILES string of the molecule is O=C(O)CCOCCN1C(=O)C=CC1=O. The summed E-state index contributed by atoms with van der Waals surface area (Å²) >= 11 is 0. The third-order valence-electron chi connectivity index (χ3n) is 1.82. The average molecular weight is 213 g/mol. The van der Waals surface area contributed by atoms with Gasteiger partial charge in [0.1, 0.15) is 0 Å². The Labute approximate surface area is 86.1 Å². The molecule has 82 valence electrons. The van der Waals surface area contributed by atoms with Gasteiger partial charge in [0.05, 0.1) is 26.2 Å². The van der Waals surface area contributed by atoms with Crippen molar-refractivity contribution in [1.82, 2.24) is 4.90 Å². The predicted octanol–water partition coefficient (Wildman–Crippen LogP) is -0.597. The number of carboxylic acid groups (broad SMARTS) is 1. The number of hydrogen-bond donors (Lipinski definition) is 1. The molecule has 0 aliphatic carbocycles. The standard InChI is InChI=1S/C9H11NO5/c11-7-1-2-8(12)10(7)4-6-15-5-3-9(13)14/h1-2H,3-6H2,(H,13,14). The third-order valence-corrected chi connectivity index (χ3v) is 1.82. The number of carbonyl (C=O) groups is 3. The van der Waals surface area contributed by atoms with E-state index in [1.165, 1.54) is 12.2 Å². The number of imide groups is 1. The smallest absolute Gasteiger partial charge is 0.305 e. The molecule has 0 bridgehead atoms. The van der Waals surface area contributed by atoms with Crippen LogP contribution in [0.4, 0.5) is 0 Å². The van der Waals surface area contributed by atoms with Crippen LogP contribution in [0.15, 0.2) is 12.2 Å². The third kappa shape index (κ3) is 3.51. The quantitative estimate of drug-likeness (QED) is 0.470. The van der Waals surface area contributed by atoms with Gasteiger partial charge in [-0.3, -0.25) is 19.3 Å². The van der Waals surface area contributed by atoms with Crippen molar-refractivity contribution in [3.05, 3.63) is 12.2 Å². The van der Waals surface area contributed by atoms with Gasteiger partial charge in [-0.05, 0) is 0 Å². The lowest BCUT2D eigenvalue weighted by molar-refractivity contribution is -0.140. The summed E-state index contributed by atoms with van der Waals surface area (Å²) in [4.78, 5) is 33.2. The zero-order valence-electron chi connectivity index (χ0n) is 8.01. The summed E-state index contributed by atoms with van der Waals surface area (Å²) in [5, 5.41) is 8.30. The lowest BCUT2D eigenvalue weighted by Crippen LogP contribution is -2.33. The molecule has 0 saturated carbocycles. The minimum atomic E-state index is -0.940. The number of amides is 2. The van der Waals surface area contributed by atoms with E-state index in [9.17, 15) is 14.4 Å². The van der Waals surface area contributed by atoms with Crippen LogP contribution in [0, 0.1) is 0 Å². The lowest BCUT2D eigenvalue weighted by atomic mass is 10.5. The summed E-state index contributed by atoms with van der Waals surface area (Å²) in [6.45, 7) is 0.399. The summed E-state index contributed by atoms with van der Waals surface area (Å²) in [5.41, 5.74) is 0. The van der Waals surface area contributed by atoms with Crippen molar-refractivity contribution in [2.45, 2.75) is 6.42 Å². The molecule has 0 radical (unpaired) electrons. The van der Waals surface area contributed by atoms with Gasteiger partial charge in [0.25, 0.3) is 11.8 Å². The highest BCUT2D eigenvalue weighted by Crippen LogP contribution is 2.02. The van der Waals surface area contributed by atoms with Gasteiger partial charge in [-0.25, -0.2) is 0 Å². The average Bonchev–Trinajstić information content (AvgIpc) is 2.47. The first-order valence-electron chi connectivity index (χ1n) is 4.44. The van der Waals surface area contributed by atoms with Gasteiger partial charge < -0.3 is 9.84 Å². The maximum absolute atomic E-state index is 11.0. The van der Waals surface area contributed by atoms with E-state index >= 15 is 0 Å². The molecule has 1 rings (SSSR count). The molecule has 6 nitrogen and oxygen atoms in total. The number of rotatable bonds is 6. The number of carboxylic acids is 1. The highest BCUT2D eigenvalue weighted by Gasteiger charge is 2.22. The van der Waals surface area contributed by atoms with Crippen LogP contribution in [0.5, 0.6) is 0 Å². The van der Waals surface area contributed by atoms with Crippen molar-refractivity contribution in [1.29, 1.82) is 0 Å². The second-order valence-electron chi connectivity index (χ2n) is 2.92. The van der Waals surface area contributed by atoms with Crippen LogP contribution < -0.4 is 0 Å². The predicted molar refractivity (Wildman–Crippen MR) is 48.9 cm³/mol. The summed E-state index contributed by atoms with van der Waals surface area (Å²) in [5.74, 6) is -1.66. The molecule has 0 atom stereocenters. The van der Waals surface area contributed by atoms with Crippen LogP contribution >= 0.6 is 0 Å². The van der Waals surface area contributed by atoms with Crippen molar-refractivity contribution < 1.29 is 24.2 Å². The fourth-order valence-corrected chi connectivity index (χ4v) is 1.07. The molecule has 1 N–H and O–H groups in total. The Bertz CT molecular complexity index is 292. The van der Waals surface area contributed by atoms with Crippen molar-refractivity contribution in [3.63, 3.8) is 0 Å². The van der Waals surface area contributed by atoms with E-state index in [-0.39, 0.29) is 38.0 Å². The summed E-state index contributed by atoms with van der Waals surface area (Å²) in [6, 6.07) is 0.